The van der Waals surface area contributed by atoms with Crippen LogP contribution in [0.2, 0.25) is 0 Å². The predicted molar refractivity (Wildman–Crippen MR) is 112 cm³/mol. The van der Waals surface area contributed by atoms with Crippen LogP contribution in [0.15, 0.2) is 34.2 Å². The SMILES string of the molecule is CCC(C)(C)OC(=O)N([C@@H](CCCN=C(N)N)C(=O)O)S(=O)(=O)c1ccc(C)cc1. The number of aliphatic carboxylic acids is 1. The van der Waals surface area contributed by atoms with E-state index in [1.165, 1.54) is 12.1 Å². The van der Waals surface area contributed by atoms with Crippen molar-refractivity contribution in [2.24, 2.45) is 16.5 Å². The van der Waals surface area contributed by atoms with Gasteiger partial charge in [0, 0.05) is 6.54 Å². The van der Waals surface area contributed by atoms with E-state index in [0.717, 1.165) is 5.56 Å². The van der Waals surface area contributed by atoms with E-state index >= 15 is 0 Å². The molecule has 0 unspecified atom stereocenters. The fraction of sp³-hybridized carbons (Fsp3) is 0.526. The lowest BCUT2D eigenvalue weighted by Gasteiger charge is -2.31. The lowest BCUT2D eigenvalue weighted by molar-refractivity contribution is -0.141. The number of guanidine groups is 1. The Morgan fingerprint density at radius 3 is 2.27 bits per heavy atom. The maximum Gasteiger partial charge on any atom is 0.425 e. The monoisotopic (exact) mass is 442 g/mol. The summed E-state index contributed by atoms with van der Waals surface area (Å²) in [4.78, 5) is 28.4. The highest BCUT2D eigenvalue weighted by Crippen LogP contribution is 2.25. The van der Waals surface area contributed by atoms with E-state index in [0.29, 0.717) is 10.7 Å². The second kappa shape index (κ2) is 10.3. The number of carboxylic acid groups (broad SMARTS) is 1. The lowest BCUT2D eigenvalue weighted by atomic mass is 10.1. The first kappa shape index (κ1) is 25.2. The number of ether oxygens (including phenoxy) is 1. The smallest absolute Gasteiger partial charge is 0.425 e. The van der Waals surface area contributed by atoms with Gasteiger partial charge in [-0.2, -0.15) is 4.31 Å². The van der Waals surface area contributed by atoms with Gasteiger partial charge in [0.1, 0.15) is 11.6 Å². The first-order valence-corrected chi connectivity index (χ1v) is 10.9. The van der Waals surface area contributed by atoms with E-state index in [1.807, 2.05) is 0 Å². The zero-order valence-electron chi connectivity index (χ0n) is 17.7. The van der Waals surface area contributed by atoms with Crippen molar-refractivity contribution in [3.8, 4) is 0 Å². The maximum absolute atomic E-state index is 13.2. The summed E-state index contributed by atoms with van der Waals surface area (Å²) in [6, 6.07) is 4.05. The van der Waals surface area contributed by atoms with Crippen LogP contribution in [0, 0.1) is 6.92 Å². The van der Waals surface area contributed by atoms with Gasteiger partial charge in [0.05, 0.1) is 4.90 Å². The van der Waals surface area contributed by atoms with E-state index in [9.17, 15) is 23.1 Å². The molecule has 0 fully saturated rings. The summed E-state index contributed by atoms with van der Waals surface area (Å²) in [6.45, 7) is 6.83. The van der Waals surface area contributed by atoms with Gasteiger partial charge in [0.2, 0.25) is 0 Å². The van der Waals surface area contributed by atoms with E-state index in [4.69, 9.17) is 16.2 Å². The van der Waals surface area contributed by atoms with Crippen LogP contribution in [-0.4, -0.2) is 54.0 Å². The number of hydrogen-bond acceptors (Lipinski definition) is 6. The summed E-state index contributed by atoms with van der Waals surface area (Å²) in [5.41, 5.74) is 10.3. The quantitative estimate of drug-likeness (QED) is 0.280. The van der Waals surface area contributed by atoms with Crippen LogP contribution in [0.5, 0.6) is 0 Å². The summed E-state index contributed by atoms with van der Waals surface area (Å²) < 4.78 is 32.1. The molecule has 1 rings (SSSR count). The van der Waals surface area contributed by atoms with E-state index in [-0.39, 0.29) is 30.2 Å². The van der Waals surface area contributed by atoms with Gasteiger partial charge in [-0.15, -0.1) is 0 Å². The Labute approximate surface area is 177 Å². The highest BCUT2D eigenvalue weighted by molar-refractivity contribution is 7.89. The number of hydrogen-bond donors (Lipinski definition) is 3. The highest BCUT2D eigenvalue weighted by atomic mass is 32.2. The zero-order valence-corrected chi connectivity index (χ0v) is 18.5. The minimum Gasteiger partial charge on any atom is -0.480 e. The molecule has 1 atom stereocenters. The van der Waals surface area contributed by atoms with Crippen LogP contribution in [-0.2, 0) is 19.6 Å². The molecule has 5 N–H and O–H groups in total. The van der Waals surface area contributed by atoms with E-state index in [2.05, 4.69) is 4.99 Å². The van der Waals surface area contributed by atoms with Gasteiger partial charge in [0.15, 0.2) is 5.96 Å². The molecule has 0 aliphatic rings. The Hall–Kier alpha value is -2.82. The Bertz CT molecular complexity index is 877. The number of aryl methyl sites for hydroxylation is 1. The third-order valence-electron chi connectivity index (χ3n) is 4.47. The van der Waals surface area contributed by atoms with Crippen molar-refractivity contribution in [2.45, 2.75) is 63.5 Å². The number of carbonyl (C=O) groups is 2. The minimum atomic E-state index is -4.50. The minimum absolute atomic E-state index is 0.0834. The van der Waals surface area contributed by atoms with Crippen molar-refractivity contribution in [3.05, 3.63) is 29.8 Å². The Morgan fingerprint density at radius 1 is 1.23 bits per heavy atom. The number of nitrogens with two attached hydrogens (primary N) is 2. The largest absolute Gasteiger partial charge is 0.480 e. The average Bonchev–Trinajstić information content (AvgIpc) is 2.63. The molecule has 0 radical (unpaired) electrons. The molecule has 0 spiro atoms. The van der Waals surface area contributed by atoms with E-state index in [1.54, 1.807) is 39.8 Å². The van der Waals surface area contributed by atoms with Gasteiger partial charge in [-0.05, 0) is 52.2 Å². The number of carbonyl (C=O) groups excluding carboxylic acids is 1. The molecule has 1 aromatic carbocycles. The number of benzene rings is 1. The fourth-order valence-corrected chi connectivity index (χ4v) is 3.88. The van der Waals surface area contributed by atoms with Crippen molar-refractivity contribution >= 4 is 28.0 Å². The van der Waals surface area contributed by atoms with Crippen LogP contribution in [0.3, 0.4) is 0 Å². The summed E-state index contributed by atoms with van der Waals surface area (Å²) in [6.07, 6.45) is -0.908. The van der Waals surface area contributed by atoms with Gasteiger partial charge in [0.25, 0.3) is 10.0 Å². The standard InChI is InChI=1S/C19H30N4O6S/c1-5-19(3,4)29-18(26)23(15(16(24)25)7-6-12-22-17(20)21)30(27,28)14-10-8-13(2)9-11-14/h8-11,15H,5-7,12H2,1-4H3,(H,24,25)(H4,20,21,22)/t15-/m0/s1. The Kier molecular flexibility index (Phi) is 8.64. The van der Waals surface area contributed by atoms with Crippen LogP contribution < -0.4 is 11.5 Å². The molecule has 0 aromatic heterocycles. The van der Waals surface area contributed by atoms with Crippen LogP contribution in [0.1, 0.15) is 45.6 Å². The van der Waals surface area contributed by atoms with E-state index < -0.39 is 33.7 Å². The molecule has 30 heavy (non-hydrogen) atoms. The number of sulfonamides is 1. The topological polar surface area (TPSA) is 165 Å². The van der Waals surface area contributed by atoms with Gasteiger partial charge < -0.3 is 21.3 Å². The number of rotatable bonds is 10. The summed E-state index contributed by atoms with van der Waals surface area (Å²) in [5.74, 6) is -1.66. The molecule has 1 amide bonds. The van der Waals surface area contributed by atoms with Gasteiger partial charge in [-0.25, -0.2) is 18.0 Å². The van der Waals surface area contributed by atoms with Crippen LogP contribution in [0.25, 0.3) is 0 Å². The van der Waals surface area contributed by atoms with Crippen molar-refractivity contribution in [2.75, 3.05) is 6.54 Å². The number of carboxylic acids is 1. The molecule has 1 aromatic rings. The predicted octanol–water partition coefficient (Wildman–Crippen LogP) is 1.82. The lowest BCUT2D eigenvalue weighted by Crippen LogP contribution is -2.50. The molecule has 168 valence electrons. The Balaban J connectivity index is 3.39. The second-order valence-electron chi connectivity index (χ2n) is 7.40. The third-order valence-corrected chi connectivity index (χ3v) is 6.26. The number of aliphatic imine (C=N–C) groups is 1. The third kappa shape index (κ3) is 6.90. The molecule has 0 saturated heterocycles. The molecule has 0 bridgehead atoms. The molecule has 0 aliphatic heterocycles. The van der Waals surface area contributed by atoms with Crippen LogP contribution >= 0.6 is 0 Å². The molecule has 10 nitrogen and oxygen atoms in total. The molecular weight excluding hydrogens is 412 g/mol. The highest BCUT2D eigenvalue weighted by Gasteiger charge is 2.42. The first-order chi connectivity index (χ1) is 13.8. The average molecular weight is 443 g/mol. The van der Waals surface area contributed by atoms with Gasteiger partial charge in [-0.1, -0.05) is 24.6 Å². The molecule has 11 heteroatoms. The van der Waals surface area contributed by atoms with Gasteiger partial charge in [-0.3, -0.25) is 4.99 Å². The second-order valence-corrected chi connectivity index (χ2v) is 9.21. The first-order valence-electron chi connectivity index (χ1n) is 9.44. The number of nitrogens with zero attached hydrogens (tertiary/aromatic N) is 2. The van der Waals surface area contributed by atoms with Crippen molar-refractivity contribution in [1.29, 1.82) is 0 Å². The number of amides is 1. The van der Waals surface area contributed by atoms with Crippen molar-refractivity contribution in [3.63, 3.8) is 0 Å². The fourth-order valence-electron chi connectivity index (χ4n) is 2.40. The summed E-state index contributed by atoms with van der Waals surface area (Å²) in [5, 5.41) is 9.71. The molecule has 0 heterocycles. The molecule has 0 saturated carbocycles. The molecular formula is C19H30N4O6S. The molecule has 0 aliphatic carbocycles. The maximum atomic E-state index is 13.2. The Morgan fingerprint density at radius 2 is 1.80 bits per heavy atom. The van der Waals surface area contributed by atoms with Crippen molar-refractivity contribution in [1.82, 2.24) is 4.31 Å². The summed E-state index contributed by atoms with van der Waals surface area (Å²) >= 11 is 0. The van der Waals surface area contributed by atoms with Gasteiger partial charge >= 0.3 is 12.1 Å². The summed E-state index contributed by atoms with van der Waals surface area (Å²) in [7, 11) is -4.50. The van der Waals surface area contributed by atoms with Crippen LogP contribution in [0.4, 0.5) is 4.79 Å². The van der Waals surface area contributed by atoms with Crippen molar-refractivity contribution < 1.29 is 27.9 Å². The normalized spacial score (nSPS) is 12.7. The zero-order chi connectivity index (χ0) is 23.1.